The van der Waals surface area contributed by atoms with Crippen LogP contribution in [0.2, 0.25) is 0 Å². The van der Waals surface area contributed by atoms with Crippen molar-refractivity contribution in [1.29, 1.82) is 10.5 Å². The van der Waals surface area contributed by atoms with Gasteiger partial charge in [-0.05, 0) is 31.0 Å². The number of nitrogens with one attached hydrogen (secondary N) is 1. The molecule has 1 aliphatic rings. The standard InChI is InChI=1S/C17H19N3O2/c18-11-14-6-5-7-15(10-14)22-12-16(21)20-17(13-19)8-3-1-2-4-9-17/h5-7,10H,1-4,8-9,12H2,(H,20,21). The fourth-order valence-electron chi connectivity index (χ4n) is 2.70. The first-order valence-electron chi connectivity index (χ1n) is 7.53. The molecule has 1 aromatic carbocycles. The van der Waals surface area contributed by atoms with E-state index in [4.69, 9.17) is 10.00 Å². The molecule has 0 unspecified atom stereocenters. The van der Waals surface area contributed by atoms with E-state index in [1.807, 2.05) is 6.07 Å². The normalized spacial score (nSPS) is 16.6. The molecule has 1 aromatic rings. The van der Waals surface area contributed by atoms with Crippen LogP contribution in [0.3, 0.4) is 0 Å². The number of amides is 1. The highest BCUT2D eigenvalue weighted by Gasteiger charge is 2.32. The van der Waals surface area contributed by atoms with E-state index in [2.05, 4.69) is 11.4 Å². The van der Waals surface area contributed by atoms with E-state index >= 15 is 0 Å². The molecular weight excluding hydrogens is 278 g/mol. The van der Waals surface area contributed by atoms with Gasteiger partial charge in [0, 0.05) is 0 Å². The molecule has 0 bridgehead atoms. The predicted octanol–water partition coefficient (Wildman–Crippen LogP) is 2.67. The molecule has 1 N–H and O–H groups in total. The smallest absolute Gasteiger partial charge is 0.259 e. The second-order valence-electron chi connectivity index (χ2n) is 5.58. The molecule has 0 radical (unpaired) electrons. The monoisotopic (exact) mass is 297 g/mol. The number of benzene rings is 1. The Bertz CT molecular complexity index is 605. The lowest BCUT2D eigenvalue weighted by atomic mass is 9.92. The molecule has 1 amide bonds. The summed E-state index contributed by atoms with van der Waals surface area (Å²) >= 11 is 0. The molecule has 5 nitrogen and oxygen atoms in total. The molecule has 1 aliphatic carbocycles. The van der Waals surface area contributed by atoms with Gasteiger partial charge >= 0.3 is 0 Å². The lowest BCUT2D eigenvalue weighted by molar-refractivity contribution is -0.124. The molecule has 0 aromatic heterocycles. The zero-order valence-corrected chi connectivity index (χ0v) is 12.5. The van der Waals surface area contributed by atoms with E-state index in [1.54, 1.807) is 24.3 Å². The maximum atomic E-state index is 12.1. The van der Waals surface area contributed by atoms with Gasteiger partial charge in [0.2, 0.25) is 0 Å². The van der Waals surface area contributed by atoms with Crippen molar-refractivity contribution < 1.29 is 9.53 Å². The quantitative estimate of drug-likeness (QED) is 0.866. The Morgan fingerprint density at radius 2 is 1.95 bits per heavy atom. The second-order valence-corrected chi connectivity index (χ2v) is 5.58. The van der Waals surface area contributed by atoms with Gasteiger partial charge in [-0.25, -0.2) is 0 Å². The fourth-order valence-corrected chi connectivity index (χ4v) is 2.70. The van der Waals surface area contributed by atoms with E-state index in [0.717, 1.165) is 25.7 Å². The van der Waals surface area contributed by atoms with Gasteiger partial charge in [-0.2, -0.15) is 10.5 Å². The minimum atomic E-state index is -0.758. The number of nitrogens with zero attached hydrogens (tertiary/aromatic N) is 2. The number of ether oxygens (including phenoxy) is 1. The number of hydrogen-bond donors (Lipinski definition) is 1. The van der Waals surface area contributed by atoms with E-state index < -0.39 is 5.54 Å². The number of carbonyl (C=O) groups excluding carboxylic acids is 1. The topological polar surface area (TPSA) is 85.9 Å². The Balaban J connectivity index is 1.91. The van der Waals surface area contributed by atoms with Crippen molar-refractivity contribution in [3.8, 4) is 17.9 Å². The molecule has 0 aliphatic heterocycles. The minimum absolute atomic E-state index is 0.154. The van der Waals surface area contributed by atoms with Gasteiger partial charge < -0.3 is 10.1 Å². The van der Waals surface area contributed by atoms with Crippen LogP contribution >= 0.6 is 0 Å². The third kappa shape index (κ3) is 4.23. The molecule has 0 heterocycles. The lowest BCUT2D eigenvalue weighted by Gasteiger charge is -2.26. The third-order valence-electron chi connectivity index (χ3n) is 3.88. The third-order valence-corrected chi connectivity index (χ3v) is 3.88. The maximum absolute atomic E-state index is 12.1. The van der Waals surface area contributed by atoms with Crippen LogP contribution < -0.4 is 10.1 Å². The summed E-state index contributed by atoms with van der Waals surface area (Å²) in [5.74, 6) is 0.173. The zero-order chi connectivity index (χ0) is 15.8. The van der Waals surface area contributed by atoms with Crippen molar-refractivity contribution in [1.82, 2.24) is 5.32 Å². The van der Waals surface area contributed by atoms with Crippen LogP contribution in [0.25, 0.3) is 0 Å². The SMILES string of the molecule is N#Cc1cccc(OCC(=O)NC2(C#N)CCCCCC2)c1. The summed E-state index contributed by atoms with van der Waals surface area (Å²) in [4.78, 5) is 12.1. The highest BCUT2D eigenvalue weighted by atomic mass is 16.5. The predicted molar refractivity (Wildman–Crippen MR) is 80.8 cm³/mol. The Kier molecular flexibility index (Phi) is 5.38. The summed E-state index contributed by atoms with van der Waals surface area (Å²) in [5.41, 5.74) is -0.277. The minimum Gasteiger partial charge on any atom is -0.484 e. The molecule has 1 saturated carbocycles. The average molecular weight is 297 g/mol. The van der Waals surface area contributed by atoms with Crippen molar-refractivity contribution in [2.45, 2.75) is 44.1 Å². The molecule has 0 saturated heterocycles. The van der Waals surface area contributed by atoms with Gasteiger partial charge in [0.15, 0.2) is 6.61 Å². The molecular formula is C17H19N3O2. The first kappa shape index (κ1) is 15.9. The summed E-state index contributed by atoms with van der Waals surface area (Å²) in [6.45, 7) is -0.154. The molecule has 114 valence electrons. The summed E-state index contributed by atoms with van der Waals surface area (Å²) in [5, 5.41) is 21.1. The van der Waals surface area contributed by atoms with E-state index in [0.29, 0.717) is 24.2 Å². The molecule has 22 heavy (non-hydrogen) atoms. The van der Waals surface area contributed by atoms with Gasteiger partial charge in [-0.15, -0.1) is 0 Å². The number of rotatable bonds is 4. The Morgan fingerprint density at radius 1 is 1.23 bits per heavy atom. The molecule has 1 fully saturated rings. The van der Waals surface area contributed by atoms with Crippen LogP contribution in [0, 0.1) is 22.7 Å². The van der Waals surface area contributed by atoms with E-state index in [-0.39, 0.29) is 12.5 Å². The van der Waals surface area contributed by atoms with Crippen LogP contribution in [-0.2, 0) is 4.79 Å². The first-order valence-corrected chi connectivity index (χ1v) is 7.53. The van der Waals surface area contributed by atoms with Crippen molar-refractivity contribution in [2.24, 2.45) is 0 Å². The number of hydrogen-bond acceptors (Lipinski definition) is 4. The molecule has 0 spiro atoms. The van der Waals surface area contributed by atoms with E-state index in [9.17, 15) is 10.1 Å². The zero-order valence-electron chi connectivity index (χ0n) is 12.5. The first-order chi connectivity index (χ1) is 10.7. The average Bonchev–Trinajstić information content (AvgIpc) is 2.79. The van der Waals surface area contributed by atoms with Crippen LogP contribution in [0.15, 0.2) is 24.3 Å². The largest absolute Gasteiger partial charge is 0.484 e. The highest BCUT2D eigenvalue weighted by Crippen LogP contribution is 2.26. The Labute approximate surface area is 130 Å². The van der Waals surface area contributed by atoms with Crippen LogP contribution in [0.5, 0.6) is 5.75 Å². The van der Waals surface area contributed by atoms with Gasteiger partial charge in [0.05, 0.1) is 17.7 Å². The van der Waals surface area contributed by atoms with Crippen LogP contribution in [0.4, 0.5) is 0 Å². The molecule has 2 rings (SSSR count). The lowest BCUT2D eigenvalue weighted by Crippen LogP contribution is -2.48. The summed E-state index contributed by atoms with van der Waals surface area (Å²) in [6.07, 6.45) is 5.52. The van der Waals surface area contributed by atoms with Gasteiger partial charge in [0.25, 0.3) is 5.91 Å². The van der Waals surface area contributed by atoms with Gasteiger partial charge in [-0.3, -0.25) is 4.79 Å². The maximum Gasteiger partial charge on any atom is 0.259 e. The summed E-state index contributed by atoms with van der Waals surface area (Å²) in [6, 6.07) is 10.9. The fraction of sp³-hybridized carbons (Fsp3) is 0.471. The highest BCUT2D eigenvalue weighted by molar-refractivity contribution is 5.78. The Hall–Kier alpha value is -2.53. The number of carbonyl (C=O) groups is 1. The Morgan fingerprint density at radius 3 is 2.59 bits per heavy atom. The van der Waals surface area contributed by atoms with Crippen LogP contribution in [-0.4, -0.2) is 18.1 Å². The number of nitriles is 2. The van der Waals surface area contributed by atoms with Crippen molar-refractivity contribution >= 4 is 5.91 Å². The van der Waals surface area contributed by atoms with Crippen LogP contribution in [0.1, 0.15) is 44.1 Å². The summed E-state index contributed by atoms with van der Waals surface area (Å²) in [7, 11) is 0. The molecule has 0 atom stereocenters. The van der Waals surface area contributed by atoms with Crippen molar-refractivity contribution in [3.63, 3.8) is 0 Å². The van der Waals surface area contributed by atoms with Gasteiger partial charge in [0.1, 0.15) is 11.3 Å². The van der Waals surface area contributed by atoms with Gasteiger partial charge in [-0.1, -0.05) is 31.7 Å². The molecule has 5 heteroatoms. The summed E-state index contributed by atoms with van der Waals surface area (Å²) < 4.78 is 5.40. The van der Waals surface area contributed by atoms with Crippen molar-refractivity contribution in [2.75, 3.05) is 6.61 Å². The van der Waals surface area contributed by atoms with Crippen molar-refractivity contribution in [3.05, 3.63) is 29.8 Å². The second kappa shape index (κ2) is 7.47. The van der Waals surface area contributed by atoms with E-state index in [1.165, 1.54) is 0 Å².